The molecule has 4 aromatic rings. The molecule has 0 unspecified atom stereocenters. The van der Waals surface area contributed by atoms with Crippen molar-refractivity contribution < 1.29 is 4.74 Å². The molecule has 0 aromatic heterocycles. The molecule has 5 rings (SSSR count). The Kier molecular flexibility index (Phi) is 5.14. The van der Waals surface area contributed by atoms with Crippen molar-refractivity contribution >= 4 is 22.6 Å². The second-order valence-electron chi connectivity index (χ2n) is 7.51. The predicted molar refractivity (Wildman–Crippen MR) is 125 cm³/mol. The van der Waals surface area contributed by atoms with E-state index in [0.717, 1.165) is 24.4 Å². The molecule has 1 aliphatic rings. The number of benzene rings is 4. The van der Waals surface area contributed by atoms with E-state index in [1.165, 1.54) is 33.0 Å². The van der Waals surface area contributed by atoms with E-state index in [1.807, 2.05) is 24.3 Å². The van der Waals surface area contributed by atoms with Gasteiger partial charge in [0, 0.05) is 12.1 Å². The number of hydrogen-bond donors (Lipinski definition) is 0. The van der Waals surface area contributed by atoms with Crippen molar-refractivity contribution in [3.8, 4) is 5.75 Å². The fourth-order valence-electron chi connectivity index (χ4n) is 3.95. The van der Waals surface area contributed by atoms with E-state index in [1.54, 1.807) is 0 Å². The van der Waals surface area contributed by atoms with Crippen molar-refractivity contribution in [2.45, 2.75) is 13.0 Å². The third-order valence-electron chi connectivity index (χ3n) is 5.51. The molecule has 0 spiro atoms. The third kappa shape index (κ3) is 3.90. The van der Waals surface area contributed by atoms with Gasteiger partial charge in [-0.2, -0.15) is 0 Å². The van der Waals surface area contributed by atoms with Crippen LogP contribution in [0.3, 0.4) is 0 Å². The minimum absolute atomic E-state index is 0.585. The summed E-state index contributed by atoms with van der Waals surface area (Å²) in [6, 6.07) is 31.5. The van der Waals surface area contributed by atoms with Crippen LogP contribution in [0.4, 0.5) is 0 Å². The van der Waals surface area contributed by atoms with Crippen molar-refractivity contribution in [1.82, 2.24) is 0 Å². The summed E-state index contributed by atoms with van der Waals surface area (Å²) in [7, 11) is 0. The maximum atomic E-state index is 6.01. The number of nitrogens with zero attached hydrogens (tertiary/aromatic N) is 1. The third-order valence-corrected chi connectivity index (χ3v) is 5.51. The van der Waals surface area contributed by atoms with Gasteiger partial charge in [0.15, 0.2) is 0 Å². The molecule has 0 saturated heterocycles. The van der Waals surface area contributed by atoms with Gasteiger partial charge in [-0.05, 0) is 58.2 Å². The highest BCUT2D eigenvalue weighted by molar-refractivity contribution is 6.13. The molecule has 4 aromatic carbocycles. The second-order valence-corrected chi connectivity index (χ2v) is 7.51. The lowest BCUT2D eigenvalue weighted by Crippen LogP contribution is -2.11. The molecular weight excluding hydrogens is 366 g/mol. The first-order valence-electron chi connectivity index (χ1n) is 10.4. The van der Waals surface area contributed by atoms with Crippen LogP contribution < -0.4 is 4.74 Å². The van der Waals surface area contributed by atoms with E-state index in [0.29, 0.717) is 6.61 Å². The summed E-state index contributed by atoms with van der Waals surface area (Å²) in [6.07, 6.45) is 5.27. The molecule has 0 aliphatic carbocycles. The standard InChI is InChI=1S/C28H23NO/c1-2-7-21(8-3-1)20-30-25-14-15-27-24(19-25)17-18-29-28(27)16-13-23-11-6-10-22-9-4-5-12-26(22)23/h1-16,19H,17-18,20H2/b16-13+. The van der Waals surface area contributed by atoms with Crippen LogP contribution in [0.5, 0.6) is 5.75 Å². The molecule has 1 aliphatic heterocycles. The van der Waals surface area contributed by atoms with Crippen LogP contribution >= 0.6 is 0 Å². The second kappa shape index (κ2) is 8.38. The highest BCUT2D eigenvalue weighted by atomic mass is 16.5. The molecule has 0 radical (unpaired) electrons. The van der Waals surface area contributed by atoms with E-state index < -0.39 is 0 Å². The molecule has 1 heterocycles. The Hall–Kier alpha value is -3.65. The van der Waals surface area contributed by atoms with Crippen LogP contribution in [-0.4, -0.2) is 12.3 Å². The largest absolute Gasteiger partial charge is 0.489 e. The van der Waals surface area contributed by atoms with Gasteiger partial charge in [-0.25, -0.2) is 0 Å². The van der Waals surface area contributed by atoms with Gasteiger partial charge < -0.3 is 4.74 Å². The average molecular weight is 389 g/mol. The average Bonchev–Trinajstić information content (AvgIpc) is 2.82. The minimum atomic E-state index is 0.585. The summed E-state index contributed by atoms with van der Waals surface area (Å²) in [5.41, 5.74) is 5.93. The SMILES string of the molecule is C(=C\c1cccc2ccccc12)/C1=NCCc2cc(OCc3ccccc3)ccc21. The van der Waals surface area contributed by atoms with Crippen LogP contribution in [0, 0.1) is 0 Å². The van der Waals surface area contributed by atoms with Gasteiger partial charge in [0.25, 0.3) is 0 Å². The summed E-state index contributed by atoms with van der Waals surface area (Å²) >= 11 is 0. The lowest BCUT2D eigenvalue weighted by Gasteiger charge is -2.16. The monoisotopic (exact) mass is 389 g/mol. The fraction of sp³-hybridized carbons (Fsp3) is 0.107. The summed E-state index contributed by atoms with van der Waals surface area (Å²) in [6.45, 7) is 1.39. The zero-order valence-electron chi connectivity index (χ0n) is 16.8. The van der Waals surface area contributed by atoms with Crippen molar-refractivity contribution in [3.05, 3.63) is 119 Å². The molecule has 0 fully saturated rings. The number of rotatable bonds is 5. The van der Waals surface area contributed by atoms with Crippen molar-refractivity contribution in [3.63, 3.8) is 0 Å². The Labute approximate surface area is 177 Å². The van der Waals surface area contributed by atoms with Crippen LogP contribution in [0.25, 0.3) is 16.8 Å². The Bertz CT molecular complexity index is 1230. The molecule has 30 heavy (non-hydrogen) atoms. The Morgan fingerprint density at radius 2 is 1.63 bits per heavy atom. The molecule has 0 amide bonds. The van der Waals surface area contributed by atoms with Crippen LogP contribution in [0.15, 0.2) is 102 Å². The fourth-order valence-corrected chi connectivity index (χ4v) is 3.95. The van der Waals surface area contributed by atoms with Gasteiger partial charge in [0.1, 0.15) is 12.4 Å². The van der Waals surface area contributed by atoms with E-state index in [2.05, 4.69) is 78.9 Å². The normalized spacial score (nSPS) is 13.3. The molecule has 146 valence electrons. The first kappa shape index (κ1) is 18.4. The summed E-state index contributed by atoms with van der Waals surface area (Å²) < 4.78 is 6.01. The summed E-state index contributed by atoms with van der Waals surface area (Å²) in [4.78, 5) is 4.78. The lowest BCUT2D eigenvalue weighted by molar-refractivity contribution is 0.306. The number of allylic oxidation sites excluding steroid dienone is 1. The molecule has 0 N–H and O–H groups in total. The zero-order valence-corrected chi connectivity index (χ0v) is 16.8. The highest BCUT2D eigenvalue weighted by Gasteiger charge is 2.13. The minimum Gasteiger partial charge on any atom is -0.489 e. The van der Waals surface area contributed by atoms with Gasteiger partial charge in [0.05, 0.1) is 5.71 Å². The van der Waals surface area contributed by atoms with Crippen molar-refractivity contribution in [2.75, 3.05) is 6.54 Å². The Balaban J connectivity index is 1.37. The summed E-state index contributed by atoms with van der Waals surface area (Å²) in [5.74, 6) is 0.914. The molecule has 2 nitrogen and oxygen atoms in total. The van der Waals surface area contributed by atoms with Gasteiger partial charge >= 0.3 is 0 Å². The smallest absolute Gasteiger partial charge is 0.120 e. The topological polar surface area (TPSA) is 21.6 Å². The first-order chi connectivity index (χ1) is 14.9. The van der Waals surface area contributed by atoms with Gasteiger partial charge in [-0.15, -0.1) is 0 Å². The number of aliphatic imine (C=N–C) groups is 1. The number of fused-ring (bicyclic) bond motifs is 2. The van der Waals surface area contributed by atoms with E-state index >= 15 is 0 Å². The van der Waals surface area contributed by atoms with Crippen LogP contribution in [-0.2, 0) is 13.0 Å². The van der Waals surface area contributed by atoms with Crippen LogP contribution in [0.2, 0.25) is 0 Å². The van der Waals surface area contributed by atoms with E-state index in [9.17, 15) is 0 Å². The zero-order chi connectivity index (χ0) is 20.2. The molecule has 2 heteroatoms. The quantitative estimate of drug-likeness (QED) is 0.383. The Morgan fingerprint density at radius 1 is 0.800 bits per heavy atom. The van der Waals surface area contributed by atoms with Crippen LogP contribution in [0.1, 0.15) is 22.3 Å². The molecule has 0 saturated carbocycles. The van der Waals surface area contributed by atoms with E-state index in [4.69, 9.17) is 9.73 Å². The lowest BCUT2D eigenvalue weighted by atomic mass is 9.96. The molecule has 0 bridgehead atoms. The van der Waals surface area contributed by atoms with Gasteiger partial charge in [-0.1, -0.05) is 78.9 Å². The number of hydrogen-bond acceptors (Lipinski definition) is 2. The maximum Gasteiger partial charge on any atom is 0.120 e. The highest BCUT2D eigenvalue weighted by Crippen LogP contribution is 2.25. The first-order valence-corrected chi connectivity index (χ1v) is 10.4. The van der Waals surface area contributed by atoms with Gasteiger partial charge in [-0.3, -0.25) is 4.99 Å². The van der Waals surface area contributed by atoms with Crippen molar-refractivity contribution in [1.29, 1.82) is 0 Å². The maximum absolute atomic E-state index is 6.01. The van der Waals surface area contributed by atoms with Gasteiger partial charge in [0.2, 0.25) is 0 Å². The number of ether oxygens (including phenoxy) is 1. The molecular formula is C28H23NO. The predicted octanol–water partition coefficient (Wildman–Crippen LogP) is 6.48. The van der Waals surface area contributed by atoms with E-state index in [-0.39, 0.29) is 0 Å². The molecule has 0 atom stereocenters. The van der Waals surface area contributed by atoms with Crippen molar-refractivity contribution in [2.24, 2.45) is 4.99 Å². The Morgan fingerprint density at radius 3 is 2.57 bits per heavy atom. The summed E-state index contributed by atoms with van der Waals surface area (Å²) in [5, 5.41) is 2.52.